The second-order valence-corrected chi connectivity index (χ2v) is 5.89. The van der Waals surface area contributed by atoms with E-state index in [1.54, 1.807) is 19.9 Å². The Morgan fingerprint density at radius 3 is 2.39 bits per heavy atom. The molecule has 0 aromatic heterocycles. The zero-order valence-corrected chi connectivity index (χ0v) is 11.3. The lowest BCUT2D eigenvalue weighted by Gasteiger charge is -2.14. The summed E-state index contributed by atoms with van der Waals surface area (Å²) in [5.41, 5.74) is 12.4. The van der Waals surface area contributed by atoms with Crippen LogP contribution < -0.4 is 16.2 Å². The number of anilines is 1. The zero-order valence-electron chi connectivity index (χ0n) is 10.5. The molecular weight excluding hydrogens is 254 g/mol. The molecule has 18 heavy (non-hydrogen) atoms. The van der Waals surface area contributed by atoms with E-state index in [4.69, 9.17) is 11.5 Å². The third kappa shape index (κ3) is 2.99. The lowest BCUT2D eigenvalue weighted by atomic mass is 10.1. The predicted octanol–water partition coefficient (Wildman–Crippen LogP) is 0.0377. The smallest absolute Gasteiger partial charge is 0.241 e. The van der Waals surface area contributed by atoms with Crippen LogP contribution in [0.1, 0.15) is 18.1 Å². The standard InChI is InChI=1S/C11H17N3O3S/c1-6-4-9(12)5-10(7(6)2)18(16,17)14-8(3)11(13)15/h4-5,8,14H,12H2,1-3H3,(H2,13,15). The molecule has 0 bridgehead atoms. The van der Waals surface area contributed by atoms with Crippen molar-refractivity contribution in [3.05, 3.63) is 23.3 Å². The summed E-state index contributed by atoms with van der Waals surface area (Å²) in [7, 11) is -3.81. The summed E-state index contributed by atoms with van der Waals surface area (Å²) in [4.78, 5) is 11.0. The van der Waals surface area contributed by atoms with Gasteiger partial charge >= 0.3 is 0 Å². The van der Waals surface area contributed by atoms with E-state index in [2.05, 4.69) is 4.72 Å². The number of rotatable bonds is 4. The van der Waals surface area contributed by atoms with Crippen molar-refractivity contribution in [1.82, 2.24) is 4.72 Å². The summed E-state index contributed by atoms with van der Waals surface area (Å²) in [6, 6.07) is 2.07. The van der Waals surface area contributed by atoms with Gasteiger partial charge in [0.2, 0.25) is 15.9 Å². The topological polar surface area (TPSA) is 115 Å². The van der Waals surface area contributed by atoms with Crippen LogP contribution in [0.3, 0.4) is 0 Å². The third-order valence-corrected chi connectivity index (χ3v) is 4.36. The fourth-order valence-corrected chi connectivity index (χ4v) is 3.05. The summed E-state index contributed by atoms with van der Waals surface area (Å²) in [5, 5.41) is 0. The number of primary amides is 1. The maximum atomic E-state index is 12.1. The number of carbonyl (C=O) groups excluding carboxylic acids is 1. The molecule has 1 aromatic rings. The van der Waals surface area contributed by atoms with Gasteiger partial charge in [-0.3, -0.25) is 4.79 Å². The van der Waals surface area contributed by atoms with E-state index >= 15 is 0 Å². The lowest BCUT2D eigenvalue weighted by Crippen LogP contribution is -2.42. The minimum absolute atomic E-state index is 0.0631. The van der Waals surface area contributed by atoms with Crippen molar-refractivity contribution in [3.63, 3.8) is 0 Å². The maximum Gasteiger partial charge on any atom is 0.241 e. The minimum atomic E-state index is -3.81. The number of nitrogen functional groups attached to an aromatic ring is 1. The fourth-order valence-electron chi connectivity index (χ4n) is 1.49. The second-order valence-electron chi connectivity index (χ2n) is 4.21. The number of sulfonamides is 1. The van der Waals surface area contributed by atoms with E-state index < -0.39 is 22.0 Å². The summed E-state index contributed by atoms with van der Waals surface area (Å²) in [6.07, 6.45) is 0. The van der Waals surface area contributed by atoms with Crippen molar-refractivity contribution >= 4 is 21.6 Å². The van der Waals surface area contributed by atoms with Crippen molar-refractivity contribution in [1.29, 1.82) is 0 Å². The Balaban J connectivity index is 3.25. The Bertz CT molecular complexity index is 581. The number of carbonyl (C=O) groups is 1. The van der Waals surface area contributed by atoms with E-state index in [1.165, 1.54) is 13.0 Å². The van der Waals surface area contributed by atoms with Gasteiger partial charge in [0.1, 0.15) is 0 Å². The number of hydrogen-bond donors (Lipinski definition) is 3. The summed E-state index contributed by atoms with van der Waals surface area (Å²) in [6.45, 7) is 4.83. The first-order valence-corrected chi connectivity index (χ1v) is 6.82. The van der Waals surface area contributed by atoms with Crippen LogP contribution in [-0.4, -0.2) is 20.4 Å². The number of benzene rings is 1. The normalized spacial score (nSPS) is 13.3. The number of amides is 1. The molecule has 1 aromatic carbocycles. The molecule has 0 aliphatic heterocycles. The van der Waals surface area contributed by atoms with Crippen LogP contribution in [0.2, 0.25) is 0 Å². The Morgan fingerprint density at radius 1 is 1.33 bits per heavy atom. The Labute approximate surface area is 106 Å². The minimum Gasteiger partial charge on any atom is -0.399 e. The number of nitrogens with two attached hydrogens (primary N) is 2. The molecule has 6 nitrogen and oxygen atoms in total. The van der Waals surface area contributed by atoms with Crippen molar-refractivity contribution in [2.24, 2.45) is 5.73 Å². The molecule has 7 heteroatoms. The van der Waals surface area contributed by atoms with Crippen LogP contribution in [0.15, 0.2) is 17.0 Å². The third-order valence-electron chi connectivity index (χ3n) is 2.69. The first kappa shape index (κ1) is 14.5. The van der Waals surface area contributed by atoms with Gasteiger partial charge in [-0.1, -0.05) is 0 Å². The van der Waals surface area contributed by atoms with Gasteiger partial charge in [-0.25, -0.2) is 8.42 Å². The largest absolute Gasteiger partial charge is 0.399 e. The van der Waals surface area contributed by atoms with Crippen molar-refractivity contribution in [2.75, 3.05) is 5.73 Å². The van der Waals surface area contributed by atoms with Crippen molar-refractivity contribution < 1.29 is 13.2 Å². The van der Waals surface area contributed by atoms with Gasteiger partial charge in [-0.05, 0) is 44.0 Å². The maximum absolute atomic E-state index is 12.1. The van der Waals surface area contributed by atoms with Gasteiger partial charge in [0.25, 0.3) is 0 Å². The van der Waals surface area contributed by atoms with E-state index in [0.717, 1.165) is 5.56 Å². The zero-order chi connectivity index (χ0) is 14.1. The molecule has 0 saturated heterocycles. The highest BCUT2D eigenvalue weighted by molar-refractivity contribution is 7.89. The van der Waals surface area contributed by atoms with Crippen LogP contribution in [-0.2, 0) is 14.8 Å². The van der Waals surface area contributed by atoms with Crippen molar-refractivity contribution in [2.45, 2.75) is 31.7 Å². The Kier molecular flexibility index (Phi) is 3.98. The van der Waals surface area contributed by atoms with E-state index in [9.17, 15) is 13.2 Å². The molecule has 0 radical (unpaired) electrons. The molecule has 0 spiro atoms. The molecule has 1 unspecified atom stereocenters. The number of aryl methyl sites for hydroxylation is 1. The first-order chi connectivity index (χ1) is 8.15. The summed E-state index contributed by atoms with van der Waals surface area (Å²) in [5.74, 6) is -0.739. The fraction of sp³-hybridized carbons (Fsp3) is 0.364. The Morgan fingerprint density at radius 2 is 1.89 bits per heavy atom. The van der Waals surface area contributed by atoms with Gasteiger partial charge in [0.05, 0.1) is 10.9 Å². The SMILES string of the molecule is Cc1cc(N)cc(S(=O)(=O)NC(C)C(N)=O)c1C. The van der Waals surface area contributed by atoms with E-state index in [1.807, 2.05) is 0 Å². The summed E-state index contributed by atoms with van der Waals surface area (Å²) < 4.78 is 26.4. The van der Waals surface area contributed by atoms with Gasteiger partial charge in [-0.15, -0.1) is 0 Å². The van der Waals surface area contributed by atoms with Crippen LogP contribution in [0.4, 0.5) is 5.69 Å². The van der Waals surface area contributed by atoms with Crippen LogP contribution >= 0.6 is 0 Å². The second kappa shape index (κ2) is 4.95. The highest BCUT2D eigenvalue weighted by atomic mass is 32.2. The molecule has 0 aliphatic rings. The van der Waals surface area contributed by atoms with Crippen LogP contribution in [0.5, 0.6) is 0 Å². The van der Waals surface area contributed by atoms with Crippen molar-refractivity contribution in [3.8, 4) is 0 Å². The van der Waals surface area contributed by atoms with Gasteiger partial charge in [0, 0.05) is 5.69 Å². The molecular formula is C11H17N3O3S. The summed E-state index contributed by atoms with van der Waals surface area (Å²) >= 11 is 0. The molecule has 100 valence electrons. The highest BCUT2D eigenvalue weighted by Crippen LogP contribution is 2.22. The molecule has 0 saturated carbocycles. The quantitative estimate of drug-likeness (QED) is 0.670. The van der Waals surface area contributed by atoms with Crippen LogP contribution in [0, 0.1) is 13.8 Å². The van der Waals surface area contributed by atoms with Gasteiger partial charge < -0.3 is 11.5 Å². The van der Waals surface area contributed by atoms with Gasteiger partial charge in [0.15, 0.2) is 0 Å². The number of nitrogens with one attached hydrogen (secondary N) is 1. The first-order valence-electron chi connectivity index (χ1n) is 5.33. The van der Waals surface area contributed by atoms with Gasteiger partial charge in [-0.2, -0.15) is 4.72 Å². The molecule has 0 heterocycles. The average Bonchev–Trinajstić information content (AvgIpc) is 2.22. The predicted molar refractivity (Wildman–Crippen MR) is 69.3 cm³/mol. The van der Waals surface area contributed by atoms with Crippen LogP contribution in [0.25, 0.3) is 0 Å². The van der Waals surface area contributed by atoms with E-state index in [-0.39, 0.29) is 4.90 Å². The molecule has 5 N–H and O–H groups in total. The monoisotopic (exact) mass is 271 g/mol. The average molecular weight is 271 g/mol. The molecule has 1 rings (SSSR count). The molecule has 0 aliphatic carbocycles. The molecule has 0 fully saturated rings. The number of hydrogen-bond acceptors (Lipinski definition) is 4. The molecule has 1 amide bonds. The highest BCUT2D eigenvalue weighted by Gasteiger charge is 2.23. The van der Waals surface area contributed by atoms with E-state index in [0.29, 0.717) is 11.3 Å². The lowest BCUT2D eigenvalue weighted by molar-refractivity contribution is -0.119. The molecule has 1 atom stereocenters. The Hall–Kier alpha value is -1.60.